The van der Waals surface area contributed by atoms with Crippen molar-refractivity contribution < 1.29 is 19.7 Å². The first-order valence-corrected chi connectivity index (χ1v) is 3.69. The van der Waals surface area contributed by atoms with Gasteiger partial charge >= 0.3 is 5.97 Å². The van der Waals surface area contributed by atoms with Crippen LogP contribution in [0.15, 0.2) is 0 Å². The number of esters is 1. The first kappa shape index (κ1) is 8.49. The Kier molecular flexibility index (Phi) is 2.46. The molecule has 0 bridgehead atoms. The molecule has 64 valence electrons. The standard InChI is InChI=1S/C7H12O4/c1-2-11-7(10)5-3-4(5)6(8)9/h4-6,8-9H,2-3H2,1H3. The lowest BCUT2D eigenvalue weighted by molar-refractivity contribution is -0.147. The van der Waals surface area contributed by atoms with Crippen LogP contribution in [-0.2, 0) is 9.53 Å². The Labute approximate surface area is 64.8 Å². The molecule has 4 nitrogen and oxygen atoms in total. The number of aliphatic hydroxyl groups excluding tert-OH is 1. The van der Waals surface area contributed by atoms with Gasteiger partial charge in [0, 0.05) is 5.92 Å². The van der Waals surface area contributed by atoms with E-state index < -0.39 is 6.29 Å². The van der Waals surface area contributed by atoms with Gasteiger partial charge in [-0.25, -0.2) is 0 Å². The second kappa shape index (κ2) is 3.19. The van der Waals surface area contributed by atoms with Crippen LogP contribution >= 0.6 is 0 Å². The second-order valence-corrected chi connectivity index (χ2v) is 2.67. The van der Waals surface area contributed by atoms with Gasteiger partial charge in [-0.1, -0.05) is 0 Å². The molecule has 0 aromatic carbocycles. The predicted octanol–water partition coefficient (Wildman–Crippen LogP) is -0.504. The Bertz CT molecular complexity index is 155. The minimum absolute atomic E-state index is 0.282. The fourth-order valence-corrected chi connectivity index (χ4v) is 1.06. The van der Waals surface area contributed by atoms with Crippen molar-refractivity contribution in [2.45, 2.75) is 19.6 Å². The van der Waals surface area contributed by atoms with Crippen molar-refractivity contribution in [1.29, 1.82) is 0 Å². The summed E-state index contributed by atoms with van der Waals surface area (Å²) < 4.78 is 4.69. The van der Waals surface area contributed by atoms with E-state index in [1.165, 1.54) is 0 Å². The molecule has 2 unspecified atom stereocenters. The summed E-state index contributed by atoms with van der Waals surface area (Å²) in [5.41, 5.74) is 0. The number of carbonyl (C=O) groups is 1. The molecule has 0 saturated heterocycles. The largest absolute Gasteiger partial charge is 0.466 e. The van der Waals surface area contributed by atoms with E-state index in [-0.39, 0.29) is 17.8 Å². The number of carbonyl (C=O) groups excluding carboxylic acids is 1. The third-order valence-corrected chi connectivity index (χ3v) is 1.81. The van der Waals surface area contributed by atoms with Gasteiger partial charge in [0.15, 0.2) is 6.29 Å². The van der Waals surface area contributed by atoms with Crippen LogP contribution in [0.5, 0.6) is 0 Å². The summed E-state index contributed by atoms with van der Waals surface area (Å²) in [6.07, 6.45) is -0.833. The fraction of sp³-hybridized carbons (Fsp3) is 0.857. The minimum Gasteiger partial charge on any atom is -0.466 e. The maximum atomic E-state index is 10.9. The highest BCUT2D eigenvalue weighted by Gasteiger charge is 2.48. The highest BCUT2D eigenvalue weighted by atomic mass is 16.5. The van der Waals surface area contributed by atoms with E-state index in [0.717, 1.165) is 0 Å². The first-order chi connectivity index (χ1) is 5.16. The summed E-state index contributed by atoms with van der Waals surface area (Å²) >= 11 is 0. The maximum absolute atomic E-state index is 10.9. The summed E-state index contributed by atoms with van der Waals surface area (Å²) in [7, 11) is 0. The predicted molar refractivity (Wildman–Crippen MR) is 36.5 cm³/mol. The van der Waals surface area contributed by atoms with Crippen molar-refractivity contribution in [2.75, 3.05) is 6.61 Å². The third-order valence-electron chi connectivity index (χ3n) is 1.81. The van der Waals surface area contributed by atoms with Gasteiger partial charge in [-0.15, -0.1) is 0 Å². The quantitative estimate of drug-likeness (QED) is 0.431. The molecule has 11 heavy (non-hydrogen) atoms. The molecule has 0 spiro atoms. The zero-order chi connectivity index (χ0) is 8.43. The van der Waals surface area contributed by atoms with Gasteiger partial charge in [-0.3, -0.25) is 4.79 Å². The molecule has 0 aromatic heterocycles. The molecule has 2 N–H and O–H groups in total. The van der Waals surface area contributed by atoms with Gasteiger partial charge in [0.2, 0.25) is 0 Å². The molecule has 0 heterocycles. The van der Waals surface area contributed by atoms with E-state index in [1.807, 2.05) is 0 Å². The molecule has 1 fully saturated rings. The van der Waals surface area contributed by atoms with Gasteiger partial charge in [-0.2, -0.15) is 0 Å². The van der Waals surface area contributed by atoms with Crippen molar-refractivity contribution in [2.24, 2.45) is 11.8 Å². The van der Waals surface area contributed by atoms with E-state index >= 15 is 0 Å². The zero-order valence-corrected chi connectivity index (χ0v) is 6.36. The lowest BCUT2D eigenvalue weighted by Gasteiger charge is -2.01. The van der Waals surface area contributed by atoms with Crippen LogP contribution in [0.2, 0.25) is 0 Å². The van der Waals surface area contributed by atoms with Crippen molar-refractivity contribution >= 4 is 5.97 Å². The number of rotatable bonds is 3. The zero-order valence-electron chi connectivity index (χ0n) is 6.36. The molecule has 1 saturated carbocycles. The molecular weight excluding hydrogens is 148 g/mol. The molecule has 0 amide bonds. The van der Waals surface area contributed by atoms with E-state index in [4.69, 9.17) is 10.2 Å². The van der Waals surface area contributed by atoms with Gasteiger partial charge in [0.05, 0.1) is 12.5 Å². The molecule has 1 aliphatic rings. The van der Waals surface area contributed by atoms with Crippen LogP contribution < -0.4 is 0 Å². The minimum atomic E-state index is -1.37. The molecule has 4 heteroatoms. The average molecular weight is 160 g/mol. The smallest absolute Gasteiger partial charge is 0.309 e. The molecular formula is C7H12O4. The lowest BCUT2D eigenvalue weighted by atomic mass is 10.3. The Morgan fingerprint density at radius 2 is 2.36 bits per heavy atom. The first-order valence-electron chi connectivity index (χ1n) is 3.69. The Hall–Kier alpha value is -0.610. The topological polar surface area (TPSA) is 66.8 Å². The van der Waals surface area contributed by atoms with E-state index in [1.54, 1.807) is 6.92 Å². The van der Waals surface area contributed by atoms with Crippen LogP contribution in [0.25, 0.3) is 0 Å². The third kappa shape index (κ3) is 1.91. The molecule has 0 aromatic rings. The maximum Gasteiger partial charge on any atom is 0.309 e. The Morgan fingerprint density at radius 3 is 2.73 bits per heavy atom. The summed E-state index contributed by atoms with van der Waals surface area (Å²) in [5, 5.41) is 17.3. The van der Waals surface area contributed by atoms with Gasteiger partial charge < -0.3 is 14.9 Å². The van der Waals surface area contributed by atoms with Gasteiger partial charge in [-0.05, 0) is 13.3 Å². The Morgan fingerprint density at radius 1 is 1.73 bits per heavy atom. The molecule has 1 rings (SSSR count). The second-order valence-electron chi connectivity index (χ2n) is 2.67. The monoisotopic (exact) mass is 160 g/mol. The SMILES string of the molecule is CCOC(=O)C1CC1C(O)O. The number of hydrogen-bond donors (Lipinski definition) is 2. The summed E-state index contributed by atoms with van der Waals surface area (Å²) in [6.45, 7) is 2.08. The molecule has 2 atom stereocenters. The molecule has 0 radical (unpaired) electrons. The van der Waals surface area contributed by atoms with E-state index in [2.05, 4.69) is 4.74 Å². The molecule has 1 aliphatic carbocycles. The number of aliphatic hydroxyl groups is 2. The Balaban J connectivity index is 2.26. The summed E-state index contributed by atoms with van der Waals surface area (Å²) in [5.74, 6) is -0.894. The summed E-state index contributed by atoms with van der Waals surface area (Å²) in [4.78, 5) is 10.9. The highest BCUT2D eigenvalue weighted by Crippen LogP contribution is 2.41. The van der Waals surface area contributed by atoms with Crippen molar-refractivity contribution in [3.63, 3.8) is 0 Å². The number of ether oxygens (including phenoxy) is 1. The summed E-state index contributed by atoms with van der Waals surface area (Å²) in [6, 6.07) is 0. The van der Waals surface area contributed by atoms with Crippen molar-refractivity contribution in [3.05, 3.63) is 0 Å². The van der Waals surface area contributed by atoms with Crippen LogP contribution in [0.4, 0.5) is 0 Å². The molecule has 0 aliphatic heterocycles. The van der Waals surface area contributed by atoms with Crippen LogP contribution in [0, 0.1) is 11.8 Å². The van der Waals surface area contributed by atoms with Crippen LogP contribution in [0.3, 0.4) is 0 Å². The van der Waals surface area contributed by atoms with E-state index in [9.17, 15) is 4.79 Å². The van der Waals surface area contributed by atoms with Gasteiger partial charge in [0.1, 0.15) is 0 Å². The van der Waals surface area contributed by atoms with Crippen LogP contribution in [-0.4, -0.2) is 29.1 Å². The fourth-order valence-electron chi connectivity index (χ4n) is 1.06. The van der Waals surface area contributed by atoms with E-state index in [0.29, 0.717) is 13.0 Å². The average Bonchev–Trinajstić information content (AvgIpc) is 2.65. The van der Waals surface area contributed by atoms with Crippen LogP contribution in [0.1, 0.15) is 13.3 Å². The normalized spacial score (nSPS) is 28.7. The van der Waals surface area contributed by atoms with Crippen molar-refractivity contribution in [3.8, 4) is 0 Å². The van der Waals surface area contributed by atoms with Crippen molar-refractivity contribution in [1.82, 2.24) is 0 Å². The number of hydrogen-bond acceptors (Lipinski definition) is 4. The highest BCUT2D eigenvalue weighted by molar-refractivity contribution is 5.75. The van der Waals surface area contributed by atoms with Gasteiger partial charge in [0.25, 0.3) is 0 Å². The lowest BCUT2D eigenvalue weighted by Crippen LogP contribution is -2.14.